The number of nitrogens with zero attached hydrogens (tertiary/aromatic N) is 1. The van der Waals surface area contributed by atoms with Crippen molar-refractivity contribution >= 4 is 5.91 Å². The Morgan fingerprint density at radius 2 is 1.71 bits per heavy atom. The summed E-state index contributed by atoms with van der Waals surface area (Å²) in [4.78, 5) is 14.1. The second kappa shape index (κ2) is 8.50. The first-order valence-electron chi connectivity index (χ1n) is 8.15. The van der Waals surface area contributed by atoms with Crippen molar-refractivity contribution in [3.63, 3.8) is 0 Å². The van der Waals surface area contributed by atoms with E-state index in [1.807, 2.05) is 63.2 Å². The van der Waals surface area contributed by atoms with Gasteiger partial charge in [0, 0.05) is 13.1 Å². The van der Waals surface area contributed by atoms with Crippen LogP contribution in [0.5, 0.6) is 5.75 Å². The maximum absolute atomic E-state index is 12.5. The number of hydrogen-bond donors (Lipinski definition) is 1. The molecule has 0 radical (unpaired) electrons. The summed E-state index contributed by atoms with van der Waals surface area (Å²) in [5, 5.41) is 9.24. The third kappa shape index (κ3) is 4.59. The average Bonchev–Trinajstić information content (AvgIpc) is 2.58. The summed E-state index contributed by atoms with van der Waals surface area (Å²) in [6.45, 7) is 6.66. The van der Waals surface area contributed by atoms with Crippen LogP contribution in [0, 0.1) is 20.8 Å². The van der Waals surface area contributed by atoms with Crippen LogP contribution >= 0.6 is 0 Å². The van der Waals surface area contributed by atoms with Crippen molar-refractivity contribution in [1.29, 1.82) is 0 Å². The summed E-state index contributed by atoms with van der Waals surface area (Å²) in [6, 6.07) is 13.8. The van der Waals surface area contributed by atoms with Crippen molar-refractivity contribution in [2.24, 2.45) is 0 Å². The predicted octanol–water partition coefficient (Wildman–Crippen LogP) is 3.01. The molecule has 1 N–H and O–H groups in total. The minimum absolute atomic E-state index is 0.0298. The molecule has 1 amide bonds. The average molecular weight is 327 g/mol. The van der Waals surface area contributed by atoms with Gasteiger partial charge in [-0.1, -0.05) is 42.5 Å². The van der Waals surface area contributed by atoms with Gasteiger partial charge in [-0.3, -0.25) is 4.79 Å². The monoisotopic (exact) mass is 327 g/mol. The van der Waals surface area contributed by atoms with Crippen LogP contribution in [0.1, 0.15) is 22.3 Å². The number of hydrogen-bond acceptors (Lipinski definition) is 3. The molecule has 0 saturated heterocycles. The molecule has 4 nitrogen and oxygen atoms in total. The van der Waals surface area contributed by atoms with Crippen LogP contribution in [-0.4, -0.2) is 35.7 Å². The Morgan fingerprint density at radius 3 is 2.38 bits per heavy atom. The van der Waals surface area contributed by atoms with Gasteiger partial charge in [0.1, 0.15) is 5.75 Å². The number of amides is 1. The van der Waals surface area contributed by atoms with Gasteiger partial charge in [0.25, 0.3) is 5.91 Å². The summed E-state index contributed by atoms with van der Waals surface area (Å²) in [7, 11) is 0. The number of aryl methyl sites for hydroxylation is 2. The van der Waals surface area contributed by atoms with Crippen LogP contribution in [0.4, 0.5) is 0 Å². The second-order valence-electron chi connectivity index (χ2n) is 5.97. The molecule has 0 atom stereocenters. The highest BCUT2D eigenvalue weighted by Crippen LogP contribution is 2.25. The third-order valence-corrected chi connectivity index (χ3v) is 4.15. The van der Waals surface area contributed by atoms with E-state index in [4.69, 9.17) is 4.74 Å². The quantitative estimate of drug-likeness (QED) is 0.850. The smallest absolute Gasteiger partial charge is 0.260 e. The molecule has 128 valence electrons. The first-order valence-corrected chi connectivity index (χ1v) is 8.15. The fourth-order valence-corrected chi connectivity index (χ4v) is 2.59. The summed E-state index contributed by atoms with van der Waals surface area (Å²) < 4.78 is 5.80. The van der Waals surface area contributed by atoms with Gasteiger partial charge in [-0.2, -0.15) is 0 Å². The summed E-state index contributed by atoms with van der Waals surface area (Å²) in [5.41, 5.74) is 4.24. The zero-order chi connectivity index (χ0) is 17.5. The van der Waals surface area contributed by atoms with E-state index in [2.05, 4.69) is 0 Å². The molecule has 0 fully saturated rings. The summed E-state index contributed by atoms with van der Waals surface area (Å²) in [5.74, 6) is 0.639. The first-order chi connectivity index (χ1) is 11.5. The molecule has 0 saturated carbocycles. The van der Waals surface area contributed by atoms with Crippen molar-refractivity contribution in [1.82, 2.24) is 4.90 Å². The van der Waals surface area contributed by atoms with E-state index in [-0.39, 0.29) is 19.1 Å². The molecule has 2 aromatic carbocycles. The molecular weight excluding hydrogens is 302 g/mol. The standard InChI is InChI=1S/C20H25NO3/c1-15-9-10-16(2)20(17(15)3)24-14-19(23)21(11-12-22)13-18-7-5-4-6-8-18/h4-10,22H,11-14H2,1-3H3. The van der Waals surface area contributed by atoms with Gasteiger partial charge in [0.05, 0.1) is 6.61 Å². The van der Waals surface area contributed by atoms with Crippen molar-refractivity contribution < 1.29 is 14.6 Å². The summed E-state index contributed by atoms with van der Waals surface area (Å²) in [6.07, 6.45) is 0. The highest BCUT2D eigenvalue weighted by atomic mass is 16.5. The first kappa shape index (κ1) is 18.0. The van der Waals surface area contributed by atoms with Gasteiger partial charge in [0.2, 0.25) is 0 Å². The van der Waals surface area contributed by atoms with E-state index in [1.54, 1.807) is 4.90 Å². The Balaban J connectivity index is 2.05. The van der Waals surface area contributed by atoms with Crippen LogP contribution < -0.4 is 4.74 Å². The van der Waals surface area contributed by atoms with Crippen LogP contribution in [0.3, 0.4) is 0 Å². The number of carbonyl (C=O) groups excluding carboxylic acids is 1. The molecule has 0 spiro atoms. The molecule has 4 heteroatoms. The Kier molecular flexibility index (Phi) is 6.38. The Labute approximate surface area is 143 Å². The molecule has 24 heavy (non-hydrogen) atoms. The number of carbonyl (C=O) groups is 1. The SMILES string of the molecule is Cc1ccc(C)c(OCC(=O)N(CCO)Cc2ccccc2)c1C. The highest BCUT2D eigenvalue weighted by molar-refractivity contribution is 5.78. The van der Waals surface area contributed by atoms with Gasteiger partial charge < -0.3 is 14.7 Å². The molecular formula is C20H25NO3. The van der Waals surface area contributed by atoms with E-state index in [1.165, 1.54) is 0 Å². The molecule has 2 aromatic rings. The molecule has 0 aliphatic rings. The van der Waals surface area contributed by atoms with Crippen LogP contribution in [0.2, 0.25) is 0 Å². The van der Waals surface area contributed by atoms with E-state index >= 15 is 0 Å². The molecule has 0 aromatic heterocycles. The third-order valence-electron chi connectivity index (χ3n) is 4.15. The van der Waals surface area contributed by atoms with E-state index in [0.29, 0.717) is 13.1 Å². The number of rotatable bonds is 7. The maximum atomic E-state index is 12.5. The normalized spacial score (nSPS) is 10.5. The van der Waals surface area contributed by atoms with Gasteiger partial charge in [-0.05, 0) is 43.0 Å². The lowest BCUT2D eigenvalue weighted by Crippen LogP contribution is -2.36. The number of ether oxygens (including phenoxy) is 1. The topological polar surface area (TPSA) is 49.8 Å². The highest BCUT2D eigenvalue weighted by Gasteiger charge is 2.16. The molecule has 2 rings (SSSR count). The van der Waals surface area contributed by atoms with Gasteiger partial charge >= 0.3 is 0 Å². The van der Waals surface area contributed by atoms with E-state index in [0.717, 1.165) is 28.0 Å². The van der Waals surface area contributed by atoms with Crippen molar-refractivity contribution in [3.8, 4) is 5.75 Å². The lowest BCUT2D eigenvalue weighted by Gasteiger charge is -2.23. The predicted molar refractivity (Wildman–Crippen MR) is 95.1 cm³/mol. The number of aliphatic hydroxyl groups is 1. The van der Waals surface area contributed by atoms with Crippen LogP contribution in [0.15, 0.2) is 42.5 Å². The van der Waals surface area contributed by atoms with Crippen LogP contribution in [-0.2, 0) is 11.3 Å². The van der Waals surface area contributed by atoms with E-state index < -0.39 is 0 Å². The largest absolute Gasteiger partial charge is 0.483 e. The minimum Gasteiger partial charge on any atom is -0.483 e. The fraction of sp³-hybridized carbons (Fsp3) is 0.350. The summed E-state index contributed by atoms with van der Waals surface area (Å²) >= 11 is 0. The van der Waals surface area contributed by atoms with E-state index in [9.17, 15) is 9.90 Å². The maximum Gasteiger partial charge on any atom is 0.260 e. The fourth-order valence-electron chi connectivity index (χ4n) is 2.59. The molecule has 0 aliphatic heterocycles. The van der Waals surface area contributed by atoms with Crippen molar-refractivity contribution in [2.45, 2.75) is 27.3 Å². The lowest BCUT2D eigenvalue weighted by atomic mass is 10.1. The second-order valence-corrected chi connectivity index (χ2v) is 5.97. The molecule has 0 aliphatic carbocycles. The van der Waals surface area contributed by atoms with Gasteiger partial charge in [-0.15, -0.1) is 0 Å². The Bertz CT molecular complexity index is 683. The molecule has 0 bridgehead atoms. The zero-order valence-electron chi connectivity index (χ0n) is 14.6. The zero-order valence-corrected chi connectivity index (χ0v) is 14.6. The van der Waals surface area contributed by atoms with Crippen LogP contribution in [0.25, 0.3) is 0 Å². The lowest BCUT2D eigenvalue weighted by molar-refractivity contribution is -0.134. The molecule has 0 unspecified atom stereocenters. The number of benzene rings is 2. The van der Waals surface area contributed by atoms with Crippen molar-refractivity contribution in [2.75, 3.05) is 19.8 Å². The minimum atomic E-state index is -0.131. The Hall–Kier alpha value is -2.33. The molecule has 0 heterocycles. The number of aliphatic hydroxyl groups excluding tert-OH is 1. The Morgan fingerprint density at radius 1 is 1.04 bits per heavy atom. The van der Waals surface area contributed by atoms with Gasteiger partial charge in [0.15, 0.2) is 6.61 Å². The van der Waals surface area contributed by atoms with Crippen molar-refractivity contribution in [3.05, 3.63) is 64.7 Å². The van der Waals surface area contributed by atoms with Gasteiger partial charge in [-0.25, -0.2) is 0 Å².